The third-order valence-corrected chi connectivity index (χ3v) is 4.40. The molecule has 1 saturated heterocycles. The Labute approximate surface area is 154 Å². The van der Waals surface area contributed by atoms with Gasteiger partial charge in [0.1, 0.15) is 11.3 Å². The number of nitrogens with one attached hydrogen (secondary N) is 2. The second-order valence-corrected chi connectivity index (χ2v) is 6.09. The number of piperazine rings is 1. The van der Waals surface area contributed by atoms with Crippen molar-refractivity contribution in [3.05, 3.63) is 30.0 Å². The van der Waals surface area contributed by atoms with Gasteiger partial charge in [0.2, 0.25) is 5.91 Å². The number of benzene rings is 1. The summed E-state index contributed by atoms with van der Waals surface area (Å²) >= 11 is 0. The topological polar surface area (TPSA) is 66.7 Å². The van der Waals surface area contributed by atoms with Crippen molar-refractivity contribution in [2.45, 2.75) is 12.8 Å². The highest BCUT2D eigenvalue weighted by atomic mass is 35.5. The van der Waals surface area contributed by atoms with Crippen molar-refractivity contribution < 1.29 is 13.9 Å². The third-order valence-electron chi connectivity index (χ3n) is 4.40. The number of nitrogens with zero attached hydrogens (tertiary/aromatic N) is 1. The van der Waals surface area contributed by atoms with Crippen molar-refractivity contribution in [3.8, 4) is 5.75 Å². The molecule has 25 heavy (non-hydrogen) atoms. The molecule has 0 aliphatic carbocycles. The van der Waals surface area contributed by atoms with Gasteiger partial charge in [0.05, 0.1) is 19.8 Å². The van der Waals surface area contributed by atoms with E-state index in [2.05, 4.69) is 15.5 Å². The minimum Gasteiger partial charge on any atom is -0.497 e. The average Bonchev–Trinajstić information content (AvgIpc) is 3.01. The van der Waals surface area contributed by atoms with Gasteiger partial charge in [0.25, 0.3) is 0 Å². The van der Waals surface area contributed by atoms with Gasteiger partial charge in [-0.2, -0.15) is 0 Å². The minimum atomic E-state index is 0. The molecule has 0 bridgehead atoms. The molecule has 1 amide bonds. The molecule has 2 N–H and O–H groups in total. The minimum absolute atomic E-state index is 0. The molecule has 1 aromatic heterocycles. The number of carbonyl (C=O) groups is 1. The predicted octanol–water partition coefficient (Wildman–Crippen LogP) is 1.82. The Kier molecular flexibility index (Phi) is 7.55. The van der Waals surface area contributed by atoms with Gasteiger partial charge in [0.15, 0.2) is 0 Å². The summed E-state index contributed by atoms with van der Waals surface area (Å²) in [6.07, 6.45) is 2.98. The van der Waals surface area contributed by atoms with Crippen LogP contribution in [0.2, 0.25) is 0 Å². The molecule has 1 fully saturated rings. The van der Waals surface area contributed by atoms with Crippen LogP contribution in [0.1, 0.15) is 12.0 Å². The zero-order valence-corrected chi connectivity index (χ0v) is 15.4. The lowest BCUT2D eigenvalue weighted by Gasteiger charge is -2.27. The van der Waals surface area contributed by atoms with Crippen molar-refractivity contribution >= 4 is 29.3 Å². The van der Waals surface area contributed by atoms with E-state index in [1.807, 2.05) is 18.2 Å². The Morgan fingerprint density at radius 1 is 1.36 bits per heavy atom. The molecule has 2 aromatic rings. The van der Waals surface area contributed by atoms with Crippen LogP contribution < -0.4 is 15.4 Å². The SMILES string of the molecule is COc1ccc2c(CC(=O)NCCCN3CCNCC3)coc2c1.Cl. The zero-order chi connectivity index (χ0) is 16.8. The maximum Gasteiger partial charge on any atom is 0.224 e. The number of methoxy groups -OCH3 is 1. The summed E-state index contributed by atoms with van der Waals surface area (Å²) in [7, 11) is 1.62. The van der Waals surface area contributed by atoms with Gasteiger partial charge in [-0.05, 0) is 25.1 Å². The number of rotatable bonds is 7. The van der Waals surface area contributed by atoms with E-state index in [-0.39, 0.29) is 18.3 Å². The molecule has 1 aromatic carbocycles. The fraction of sp³-hybridized carbons (Fsp3) is 0.500. The number of furan rings is 1. The van der Waals surface area contributed by atoms with E-state index in [9.17, 15) is 4.79 Å². The molecule has 2 heterocycles. The lowest BCUT2D eigenvalue weighted by atomic mass is 10.1. The molecule has 0 spiro atoms. The largest absolute Gasteiger partial charge is 0.497 e. The summed E-state index contributed by atoms with van der Waals surface area (Å²) in [5.74, 6) is 0.787. The van der Waals surface area contributed by atoms with Crippen molar-refractivity contribution in [2.24, 2.45) is 0 Å². The molecular formula is C18H26ClN3O3. The van der Waals surface area contributed by atoms with Crippen LogP contribution in [0.4, 0.5) is 0 Å². The van der Waals surface area contributed by atoms with Crippen LogP contribution in [0.3, 0.4) is 0 Å². The third kappa shape index (κ3) is 5.36. The quantitative estimate of drug-likeness (QED) is 0.731. The summed E-state index contributed by atoms with van der Waals surface area (Å²) < 4.78 is 10.7. The molecule has 0 radical (unpaired) electrons. The van der Waals surface area contributed by atoms with Crippen molar-refractivity contribution in [1.29, 1.82) is 0 Å². The molecule has 0 atom stereocenters. The Hall–Kier alpha value is -1.76. The van der Waals surface area contributed by atoms with Crippen molar-refractivity contribution in [3.63, 3.8) is 0 Å². The normalized spacial score (nSPS) is 14.9. The lowest BCUT2D eigenvalue weighted by Crippen LogP contribution is -2.44. The molecule has 7 heteroatoms. The van der Waals surface area contributed by atoms with Gasteiger partial charge >= 0.3 is 0 Å². The summed E-state index contributed by atoms with van der Waals surface area (Å²) in [4.78, 5) is 14.6. The Balaban J connectivity index is 0.00000225. The number of hydrogen-bond acceptors (Lipinski definition) is 5. The summed E-state index contributed by atoms with van der Waals surface area (Å²) in [6.45, 7) is 6.06. The number of hydrogen-bond donors (Lipinski definition) is 2. The number of halogens is 1. The van der Waals surface area contributed by atoms with Gasteiger partial charge in [-0.1, -0.05) is 0 Å². The van der Waals surface area contributed by atoms with Crippen LogP contribution in [-0.4, -0.2) is 57.2 Å². The molecule has 0 saturated carbocycles. The summed E-state index contributed by atoms with van der Waals surface area (Å²) in [5, 5.41) is 7.31. The highest BCUT2D eigenvalue weighted by molar-refractivity contribution is 5.88. The molecular weight excluding hydrogens is 342 g/mol. The predicted molar refractivity (Wildman–Crippen MR) is 101 cm³/mol. The highest BCUT2D eigenvalue weighted by Crippen LogP contribution is 2.25. The number of carbonyl (C=O) groups excluding carboxylic acids is 1. The van der Waals surface area contributed by atoms with Crippen LogP contribution in [0.5, 0.6) is 5.75 Å². The number of ether oxygens (including phenoxy) is 1. The van der Waals surface area contributed by atoms with Crippen LogP contribution in [0.25, 0.3) is 11.0 Å². The standard InChI is InChI=1S/C18H25N3O3.ClH/c1-23-15-3-4-16-14(13-24-17(16)12-15)11-18(22)20-5-2-8-21-9-6-19-7-10-21;/h3-4,12-13,19H,2,5-11H2,1H3,(H,20,22);1H. The fourth-order valence-electron chi connectivity index (χ4n) is 3.03. The van der Waals surface area contributed by atoms with Crippen molar-refractivity contribution in [1.82, 2.24) is 15.5 Å². The second-order valence-electron chi connectivity index (χ2n) is 6.09. The van der Waals surface area contributed by atoms with E-state index >= 15 is 0 Å². The van der Waals surface area contributed by atoms with Gasteiger partial charge in [0, 0.05) is 49.7 Å². The number of fused-ring (bicyclic) bond motifs is 1. The Morgan fingerprint density at radius 2 is 2.16 bits per heavy atom. The molecule has 138 valence electrons. The van der Waals surface area contributed by atoms with Gasteiger partial charge < -0.3 is 24.7 Å². The van der Waals surface area contributed by atoms with E-state index in [1.54, 1.807) is 13.4 Å². The van der Waals surface area contributed by atoms with Crippen LogP contribution in [0.15, 0.2) is 28.9 Å². The second kappa shape index (κ2) is 9.65. The summed E-state index contributed by atoms with van der Waals surface area (Å²) in [5.41, 5.74) is 1.66. The van der Waals surface area contributed by atoms with E-state index in [0.29, 0.717) is 13.0 Å². The maximum absolute atomic E-state index is 12.1. The zero-order valence-electron chi connectivity index (χ0n) is 14.5. The maximum atomic E-state index is 12.1. The van der Waals surface area contributed by atoms with E-state index < -0.39 is 0 Å². The smallest absolute Gasteiger partial charge is 0.224 e. The molecule has 0 unspecified atom stereocenters. The summed E-state index contributed by atoms with van der Waals surface area (Å²) in [6, 6.07) is 5.65. The molecule has 3 rings (SSSR count). The van der Waals surface area contributed by atoms with E-state index in [1.165, 1.54) is 0 Å². The first-order valence-electron chi connectivity index (χ1n) is 8.50. The highest BCUT2D eigenvalue weighted by Gasteiger charge is 2.12. The monoisotopic (exact) mass is 367 g/mol. The van der Waals surface area contributed by atoms with Gasteiger partial charge in [-0.3, -0.25) is 4.79 Å². The van der Waals surface area contributed by atoms with Crippen LogP contribution >= 0.6 is 12.4 Å². The first-order chi connectivity index (χ1) is 11.8. The van der Waals surface area contributed by atoms with Gasteiger partial charge in [-0.15, -0.1) is 12.4 Å². The Bertz CT molecular complexity index is 683. The lowest BCUT2D eigenvalue weighted by molar-refractivity contribution is -0.120. The van der Waals surface area contributed by atoms with Gasteiger partial charge in [-0.25, -0.2) is 0 Å². The molecule has 1 aliphatic heterocycles. The first kappa shape index (κ1) is 19.6. The first-order valence-corrected chi connectivity index (χ1v) is 8.50. The van der Waals surface area contributed by atoms with Crippen LogP contribution in [-0.2, 0) is 11.2 Å². The average molecular weight is 368 g/mol. The fourth-order valence-corrected chi connectivity index (χ4v) is 3.03. The van der Waals surface area contributed by atoms with E-state index in [4.69, 9.17) is 9.15 Å². The van der Waals surface area contributed by atoms with Crippen molar-refractivity contribution in [2.75, 3.05) is 46.4 Å². The molecule has 1 aliphatic rings. The van der Waals surface area contributed by atoms with Crippen LogP contribution in [0, 0.1) is 0 Å². The molecule has 6 nitrogen and oxygen atoms in total. The van der Waals surface area contributed by atoms with E-state index in [0.717, 1.165) is 61.4 Å². The Morgan fingerprint density at radius 3 is 2.92 bits per heavy atom. The number of amides is 1.